The minimum atomic E-state index is 0.244. The Balaban J connectivity index is 1.72. The number of aromatic nitrogens is 1. The standard InChI is InChI=1S/C16H13ClN2O/c17-12-5-3-7-14-15(12)20-16(19-14)11-8-10-4-1-2-6-13(10)18-9-11/h1-7,11,18H,8-9H2. The number of hydrogen-bond donors (Lipinski definition) is 1. The minimum Gasteiger partial charge on any atom is -0.439 e. The number of hydrogen-bond acceptors (Lipinski definition) is 3. The first-order valence-electron chi connectivity index (χ1n) is 6.68. The lowest BCUT2D eigenvalue weighted by atomic mass is 9.94. The molecular formula is C16H13ClN2O. The Labute approximate surface area is 121 Å². The van der Waals surface area contributed by atoms with Gasteiger partial charge < -0.3 is 9.73 Å². The lowest BCUT2D eigenvalue weighted by molar-refractivity contribution is 0.471. The molecule has 1 N–H and O–H groups in total. The zero-order valence-corrected chi connectivity index (χ0v) is 11.5. The first kappa shape index (κ1) is 11.8. The second-order valence-electron chi connectivity index (χ2n) is 5.08. The van der Waals surface area contributed by atoms with Gasteiger partial charge >= 0.3 is 0 Å². The molecule has 3 nitrogen and oxygen atoms in total. The van der Waals surface area contributed by atoms with E-state index in [4.69, 9.17) is 16.0 Å². The summed E-state index contributed by atoms with van der Waals surface area (Å²) in [6.07, 6.45) is 0.938. The molecule has 100 valence electrons. The molecule has 1 atom stereocenters. The van der Waals surface area contributed by atoms with E-state index in [1.165, 1.54) is 11.3 Å². The first-order chi connectivity index (χ1) is 9.81. The van der Waals surface area contributed by atoms with Crippen LogP contribution in [0.3, 0.4) is 0 Å². The smallest absolute Gasteiger partial charge is 0.200 e. The summed E-state index contributed by atoms with van der Waals surface area (Å²) in [5.74, 6) is 1.00. The Morgan fingerprint density at radius 1 is 1.15 bits per heavy atom. The molecule has 1 unspecified atom stereocenters. The summed E-state index contributed by atoms with van der Waals surface area (Å²) in [5, 5.41) is 4.05. The van der Waals surface area contributed by atoms with E-state index in [0.29, 0.717) is 10.6 Å². The number of nitrogens with zero attached hydrogens (tertiary/aromatic N) is 1. The number of benzene rings is 2. The van der Waals surface area contributed by atoms with Gasteiger partial charge in [-0.05, 0) is 30.2 Å². The largest absolute Gasteiger partial charge is 0.439 e. The molecule has 2 heterocycles. The van der Waals surface area contributed by atoms with Crippen LogP contribution >= 0.6 is 11.6 Å². The summed E-state index contributed by atoms with van der Waals surface area (Å²) < 4.78 is 5.87. The molecule has 0 aliphatic carbocycles. The van der Waals surface area contributed by atoms with Gasteiger partial charge in [0.05, 0.1) is 10.9 Å². The van der Waals surface area contributed by atoms with Crippen LogP contribution in [0.15, 0.2) is 46.9 Å². The minimum absolute atomic E-state index is 0.244. The highest BCUT2D eigenvalue weighted by molar-refractivity contribution is 6.34. The Kier molecular flexibility index (Phi) is 2.67. The highest BCUT2D eigenvalue weighted by Crippen LogP contribution is 2.33. The van der Waals surface area contributed by atoms with Gasteiger partial charge in [0.1, 0.15) is 5.52 Å². The third-order valence-corrected chi connectivity index (χ3v) is 4.05. The number of para-hydroxylation sites is 2. The maximum atomic E-state index is 6.14. The molecule has 4 rings (SSSR count). The zero-order chi connectivity index (χ0) is 13.5. The molecule has 1 aromatic heterocycles. The highest BCUT2D eigenvalue weighted by Gasteiger charge is 2.24. The third kappa shape index (κ3) is 1.86. The number of fused-ring (bicyclic) bond motifs is 2. The molecule has 4 heteroatoms. The monoisotopic (exact) mass is 284 g/mol. The lowest BCUT2D eigenvalue weighted by Crippen LogP contribution is -2.21. The average molecular weight is 285 g/mol. The van der Waals surface area contributed by atoms with E-state index in [-0.39, 0.29) is 5.92 Å². The van der Waals surface area contributed by atoms with Crippen LogP contribution in [0.2, 0.25) is 5.02 Å². The van der Waals surface area contributed by atoms with Crippen molar-refractivity contribution in [3.8, 4) is 0 Å². The summed E-state index contributed by atoms with van der Waals surface area (Å²) in [7, 11) is 0. The van der Waals surface area contributed by atoms with E-state index in [0.717, 1.165) is 24.4 Å². The van der Waals surface area contributed by atoms with Crippen molar-refractivity contribution in [3.63, 3.8) is 0 Å². The number of nitrogens with one attached hydrogen (secondary N) is 1. The molecular weight excluding hydrogens is 272 g/mol. The molecule has 1 aliphatic heterocycles. The quantitative estimate of drug-likeness (QED) is 0.726. The van der Waals surface area contributed by atoms with E-state index < -0.39 is 0 Å². The van der Waals surface area contributed by atoms with Gasteiger partial charge in [0, 0.05) is 12.2 Å². The van der Waals surface area contributed by atoms with Gasteiger partial charge in [0.15, 0.2) is 5.58 Å². The van der Waals surface area contributed by atoms with Crippen LogP contribution in [0, 0.1) is 0 Å². The topological polar surface area (TPSA) is 38.1 Å². The van der Waals surface area contributed by atoms with Crippen molar-refractivity contribution in [1.82, 2.24) is 4.98 Å². The van der Waals surface area contributed by atoms with Gasteiger partial charge in [-0.15, -0.1) is 0 Å². The molecule has 0 amide bonds. The SMILES string of the molecule is Clc1cccc2nc(C3CNc4ccccc4C3)oc12. The van der Waals surface area contributed by atoms with Crippen LogP contribution in [0.5, 0.6) is 0 Å². The second kappa shape index (κ2) is 4.53. The van der Waals surface area contributed by atoms with Gasteiger partial charge in [0.2, 0.25) is 5.89 Å². The van der Waals surface area contributed by atoms with Crippen molar-refractivity contribution in [1.29, 1.82) is 0 Å². The molecule has 0 fully saturated rings. The van der Waals surface area contributed by atoms with E-state index >= 15 is 0 Å². The van der Waals surface area contributed by atoms with Crippen molar-refractivity contribution in [2.75, 3.05) is 11.9 Å². The number of rotatable bonds is 1. The molecule has 0 spiro atoms. The Hall–Kier alpha value is -2.00. The van der Waals surface area contributed by atoms with Gasteiger partial charge in [-0.3, -0.25) is 0 Å². The Morgan fingerprint density at radius 3 is 2.95 bits per heavy atom. The van der Waals surface area contributed by atoms with E-state index in [1.807, 2.05) is 24.3 Å². The summed E-state index contributed by atoms with van der Waals surface area (Å²) in [6.45, 7) is 0.835. The molecule has 20 heavy (non-hydrogen) atoms. The molecule has 1 aliphatic rings. The summed E-state index contributed by atoms with van der Waals surface area (Å²) >= 11 is 6.14. The van der Waals surface area contributed by atoms with Crippen LogP contribution in [0.4, 0.5) is 5.69 Å². The van der Waals surface area contributed by atoms with Crippen LogP contribution in [-0.2, 0) is 6.42 Å². The van der Waals surface area contributed by atoms with Crippen molar-refractivity contribution in [2.24, 2.45) is 0 Å². The predicted octanol–water partition coefficient (Wildman–Crippen LogP) is 4.23. The molecule has 3 aromatic rings. The van der Waals surface area contributed by atoms with Crippen molar-refractivity contribution in [2.45, 2.75) is 12.3 Å². The van der Waals surface area contributed by atoms with Gasteiger partial charge in [-0.2, -0.15) is 0 Å². The van der Waals surface area contributed by atoms with Crippen LogP contribution in [0.25, 0.3) is 11.1 Å². The lowest BCUT2D eigenvalue weighted by Gasteiger charge is -2.23. The maximum Gasteiger partial charge on any atom is 0.200 e. The van der Waals surface area contributed by atoms with Crippen LogP contribution < -0.4 is 5.32 Å². The van der Waals surface area contributed by atoms with Gasteiger partial charge in [0.25, 0.3) is 0 Å². The van der Waals surface area contributed by atoms with Crippen molar-refractivity contribution >= 4 is 28.4 Å². The van der Waals surface area contributed by atoms with Crippen LogP contribution in [-0.4, -0.2) is 11.5 Å². The van der Waals surface area contributed by atoms with Gasteiger partial charge in [-0.25, -0.2) is 4.98 Å². The number of halogens is 1. The van der Waals surface area contributed by atoms with Gasteiger partial charge in [-0.1, -0.05) is 35.9 Å². The normalized spacial score (nSPS) is 17.8. The first-order valence-corrected chi connectivity index (χ1v) is 7.06. The third-order valence-electron chi connectivity index (χ3n) is 3.76. The highest BCUT2D eigenvalue weighted by atomic mass is 35.5. The number of anilines is 1. The average Bonchev–Trinajstić information content (AvgIpc) is 2.92. The van der Waals surface area contributed by atoms with E-state index in [9.17, 15) is 0 Å². The van der Waals surface area contributed by atoms with Crippen molar-refractivity contribution in [3.05, 3.63) is 58.9 Å². The molecule has 0 bridgehead atoms. The predicted molar refractivity (Wildman–Crippen MR) is 80.4 cm³/mol. The summed E-state index contributed by atoms with van der Waals surface area (Å²) in [6, 6.07) is 14.0. The second-order valence-corrected chi connectivity index (χ2v) is 5.49. The van der Waals surface area contributed by atoms with Crippen LogP contribution in [0.1, 0.15) is 17.4 Å². The Morgan fingerprint density at radius 2 is 2.05 bits per heavy atom. The molecule has 0 radical (unpaired) electrons. The fraction of sp³-hybridized carbons (Fsp3) is 0.188. The molecule has 2 aromatic carbocycles. The summed E-state index contributed by atoms with van der Waals surface area (Å²) in [4.78, 5) is 4.58. The number of oxazole rings is 1. The fourth-order valence-corrected chi connectivity index (χ4v) is 2.93. The summed E-state index contributed by atoms with van der Waals surface area (Å²) in [5.41, 5.74) is 4.02. The molecule has 0 saturated heterocycles. The maximum absolute atomic E-state index is 6.14. The van der Waals surface area contributed by atoms with Crippen molar-refractivity contribution < 1.29 is 4.42 Å². The van der Waals surface area contributed by atoms with E-state index in [2.05, 4.69) is 28.5 Å². The molecule has 0 saturated carbocycles. The van der Waals surface area contributed by atoms with E-state index in [1.54, 1.807) is 0 Å². The Bertz CT molecular complexity index is 781. The zero-order valence-electron chi connectivity index (χ0n) is 10.8. The fourth-order valence-electron chi connectivity index (χ4n) is 2.72.